The molecule has 1 heterocycles. The van der Waals surface area contributed by atoms with Crippen molar-refractivity contribution in [1.82, 2.24) is 4.98 Å². The van der Waals surface area contributed by atoms with E-state index < -0.39 is 6.10 Å². The minimum atomic E-state index is -0.449. The fourth-order valence-electron chi connectivity index (χ4n) is 1.74. The third-order valence-electron chi connectivity index (χ3n) is 2.99. The number of nitrogens with zero attached hydrogens (tertiary/aromatic N) is 2. The lowest BCUT2D eigenvalue weighted by Gasteiger charge is -2.27. The van der Waals surface area contributed by atoms with Crippen molar-refractivity contribution in [3.8, 4) is 0 Å². The summed E-state index contributed by atoms with van der Waals surface area (Å²) < 4.78 is 0. The molecule has 1 unspecified atom stereocenters. The van der Waals surface area contributed by atoms with Crippen molar-refractivity contribution in [3.05, 3.63) is 23.9 Å². The van der Waals surface area contributed by atoms with Gasteiger partial charge in [0.05, 0.1) is 6.10 Å². The summed E-state index contributed by atoms with van der Waals surface area (Å²) in [7, 11) is 2.08. The van der Waals surface area contributed by atoms with Crippen LogP contribution < -0.4 is 4.90 Å². The van der Waals surface area contributed by atoms with Gasteiger partial charge in [-0.05, 0) is 31.2 Å². The van der Waals surface area contributed by atoms with Gasteiger partial charge >= 0.3 is 0 Å². The first-order valence-electron chi connectivity index (χ1n) is 5.95. The molecule has 0 fully saturated rings. The molecule has 0 aliphatic rings. The highest BCUT2D eigenvalue weighted by Crippen LogP contribution is 2.19. The number of aliphatic hydroxyl groups is 1. The molecule has 0 bridgehead atoms. The fraction of sp³-hybridized carbons (Fsp3) is 0.615. The summed E-state index contributed by atoms with van der Waals surface area (Å²) in [6, 6.07) is 4.43. The van der Waals surface area contributed by atoms with Gasteiger partial charge in [0.15, 0.2) is 0 Å². The first-order valence-corrected chi connectivity index (χ1v) is 7.35. The molecule has 17 heavy (non-hydrogen) atoms. The highest BCUT2D eigenvalue weighted by atomic mass is 32.2. The average molecular weight is 254 g/mol. The molecule has 0 radical (unpaired) electrons. The van der Waals surface area contributed by atoms with Crippen molar-refractivity contribution in [2.45, 2.75) is 32.4 Å². The van der Waals surface area contributed by atoms with Crippen LogP contribution in [0.4, 0.5) is 5.82 Å². The molecule has 1 aromatic rings. The third kappa shape index (κ3) is 3.89. The first-order chi connectivity index (χ1) is 8.10. The largest absolute Gasteiger partial charge is 0.389 e. The van der Waals surface area contributed by atoms with Crippen molar-refractivity contribution in [3.63, 3.8) is 0 Å². The SMILES string of the molecule is CCC(CSC)N(C)c1ccc([C@H](C)O)cn1. The molecule has 3 nitrogen and oxygen atoms in total. The Kier molecular flexibility index (Phi) is 5.78. The monoisotopic (exact) mass is 254 g/mol. The number of hydrogen-bond donors (Lipinski definition) is 1. The van der Waals surface area contributed by atoms with Crippen molar-refractivity contribution >= 4 is 17.6 Å². The molecule has 2 atom stereocenters. The standard InChI is InChI=1S/C13H22N2OS/c1-5-12(9-17-4)15(3)13-7-6-11(8-14-13)10(2)16/h6-8,10,12,16H,5,9H2,1-4H3/t10-,12?/m0/s1. The van der Waals surface area contributed by atoms with Crippen LogP contribution in [0.15, 0.2) is 18.3 Å². The van der Waals surface area contributed by atoms with E-state index in [1.54, 1.807) is 13.1 Å². The molecular weight excluding hydrogens is 232 g/mol. The summed E-state index contributed by atoms with van der Waals surface area (Å²) in [5.74, 6) is 2.07. The van der Waals surface area contributed by atoms with Gasteiger partial charge in [-0.25, -0.2) is 4.98 Å². The van der Waals surface area contributed by atoms with Gasteiger partial charge in [-0.1, -0.05) is 13.0 Å². The number of rotatable bonds is 6. The summed E-state index contributed by atoms with van der Waals surface area (Å²) >= 11 is 1.86. The molecule has 0 aromatic carbocycles. The Morgan fingerprint density at radius 3 is 2.59 bits per heavy atom. The number of hydrogen-bond acceptors (Lipinski definition) is 4. The number of pyridine rings is 1. The van der Waals surface area contributed by atoms with E-state index in [9.17, 15) is 5.11 Å². The maximum atomic E-state index is 9.44. The molecule has 0 aliphatic carbocycles. The minimum absolute atomic E-state index is 0.449. The zero-order valence-corrected chi connectivity index (χ0v) is 11.9. The summed E-state index contributed by atoms with van der Waals surface area (Å²) in [4.78, 5) is 6.62. The van der Waals surface area contributed by atoms with E-state index in [0.29, 0.717) is 6.04 Å². The molecule has 1 N–H and O–H groups in total. The van der Waals surface area contributed by atoms with Gasteiger partial charge in [0.1, 0.15) is 5.82 Å². The van der Waals surface area contributed by atoms with Crippen LogP contribution in [-0.2, 0) is 0 Å². The maximum absolute atomic E-state index is 9.44. The zero-order valence-electron chi connectivity index (χ0n) is 11.1. The number of anilines is 1. The second-order valence-corrected chi connectivity index (χ2v) is 5.16. The van der Waals surface area contributed by atoms with Crippen LogP contribution in [0.1, 0.15) is 31.9 Å². The normalized spacial score (nSPS) is 14.4. The van der Waals surface area contributed by atoms with E-state index in [0.717, 1.165) is 23.6 Å². The van der Waals surface area contributed by atoms with Gasteiger partial charge in [0.25, 0.3) is 0 Å². The van der Waals surface area contributed by atoms with Gasteiger partial charge in [-0.15, -0.1) is 0 Å². The topological polar surface area (TPSA) is 36.4 Å². The number of aliphatic hydroxyl groups excluding tert-OH is 1. The van der Waals surface area contributed by atoms with Crippen molar-refractivity contribution in [2.75, 3.05) is 24.0 Å². The zero-order chi connectivity index (χ0) is 12.8. The molecule has 0 spiro atoms. The molecule has 1 rings (SSSR count). The van der Waals surface area contributed by atoms with E-state index in [1.807, 2.05) is 23.9 Å². The van der Waals surface area contributed by atoms with Crippen LogP contribution in [0.25, 0.3) is 0 Å². The van der Waals surface area contributed by atoms with Crippen molar-refractivity contribution < 1.29 is 5.11 Å². The van der Waals surface area contributed by atoms with Gasteiger partial charge in [-0.2, -0.15) is 11.8 Å². The highest BCUT2D eigenvalue weighted by molar-refractivity contribution is 7.98. The molecular formula is C13H22N2OS. The Morgan fingerprint density at radius 2 is 2.18 bits per heavy atom. The van der Waals surface area contributed by atoms with Crippen LogP contribution in [0, 0.1) is 0 Å². The Balaban J connectivity index is 2.77. The van der Waals surface area contributed by atoms with E-state index in [-0.39, 0.29) is 0 Å². The Morgan fingerprint density at radius 1 is 1.47 bits per heavy atom. The molecule has 0 amide bonds. The molecule has 0 saturated heterocycles. The van der Waals surface area contributed by atoms with Crippen LogP contribution in [0.5, 0.6) is 0 Å². The highest BCUT2D eigenvalue weighted by Gasteiger charge is 2.13. The van der Waals surface area contributed by atoms with Gasteiger partial charge in [-0.3, -0.25) is 0 Å². The predicted octanol–water partition coefficient (Wildman–Crippen LogP) is 2.71. The van der Waals surface area contributed by atoms with Crippen LogP contribution in [0.2, 0.25) is 0 Å². The quantitative estimate of drug-likeness (QED) is 0.847. The van der Waals surface area contributed by atoms with Gasteiger partial charge in [0, 0.05) is 25.0 Å². The smallest absolute Gasteiger partial charge is 0.128 e. The van der Waals surface area contributed by atoms with E-state index in [1.165, 1.54) is 0 Å². The number of aromatic nitrogens is 1. The van der Waals surface area contributed by atoms with Crippen molar-refractivity contribution in [2.24, 2.45) is 0 Å². The Hall–Kier alpha value is -0.740. The van der Waals surface area contributed by atoms with E-state index in [2.05, 4.69) is 30.1 Å². The lowest BCUT2D eigenvalue weighted by molar-refractivity contribution is 0.199. The molecule has 4 heteroatoms. The maximum Gasteiger partial charge on any atom is 0.128 e. The number of thioether (sulfide) groups is 1. The first kappa shape index (κ1) is 14.3. The van der Waals surface area contributed by atoms with Crippen LogP contribution in [0.3, 0.4) is 0 Å². The fourth-order valence-corrected chi connectivity index (χ4v) is 2.58. The Bertz CT molecular complexity index is 327. The molecule has 96 valence electrons. The molecule has 1 aromatic heterocycles. The molecule has 0 saturated carbocycles. The second-order valence-electron chi connectivity index (χ2n) is 4.25. The predicted molar refractivity (Wildman–Crippen MR) is 75.7 cm³/mol. The lowest BCUT2D eigenvalue weighted by Crippen LogP contribution is -2.33. The van der Waals surface area contributed by atoms with Crippen molar-refractivity contribution in [1.29, 1.82) is 0 Å². The van der Waals surface area contributed by atoms with Crippen LogP contribution >= 0.6 is 11.8 Å². The van der Waals surface area contributed by atoms with Gasteiger partial charge < -0.3 is 10.0 Å². The molecule has 0 aliphatic heterocycles. The second kappa shape index (κ2) is 6.87. The summed E-state index contributed by atoms with van der Waals surface area (Å²) in [6.07, 6.45) is 4.54. The average Bonchev–Trinajstić information content (AvgIpc) is 2.35. The summed E-state index contributed by atoms with van der Waals surface area (Å²) in [5.41, 5.74) is 0.861. The van der Waals surface area contributed by atoms with Crippen LogP contribution in [-0.4, -0.2) is 35.2 Å². The van der Waals surface area contributed by atoms with E-state index >= 15 is 0 Å². The lowest BCUT2D eigenvalue weighted by atomic mass is 10.2. The van der Waals surface area contributed by atoms with E-state index in [4.69, 9.17) is 0 Å². The van der Waals surface area contributed by atoms with Gasteiger partial charge in [0.2, 0.25) is 0 Å². The Labute approximate surface area is 108 Å². The summed E-state index contributed by atoms with van der Waals surface area (Å²) in [5, 5.41) is 9.44. The third-order valence-corrected chi connectivity index (χ3v) is 3.71. The minimum Gasteiger partial charge on any atom is -0.389 e. The summed E-state index contributed by atoms with van der Waals surface area (Å²) in [6.45, 7) is 3.95.